The van der Waals surface area contributed by atoms with Gasteiger partial charge in [-0.1, -0.05) is 44.7 Å². The van der Waals surface area contributed by atoms with Gasteiger partial charge in [-0.25, -0.2) is 4.79 Å². The van der Waals surface area contributed by atoms with Crippen LogP contribution in [0.3, 0.4) is 0 Å². The number of hydrogen-bond donors (Lipinski definition) is 3. The van der Waals surface area contributed by atoms with Gasteiger partial charge in [0.2, 0.25) is 11.8 Å². The molecule has 3 aliphatic rings. The molecular weight excluding hydrogens is 582 g/mol. The van der Waals surface area contributed by atoms with Crippen LogP contribution < -0.4 is 10.1 Å². The lowest BCUT2D eigenvalue weighted by atomic mass is 9.78. The van der Waals surface area contributed by atoms with Crippen LogP contribution >= 0.6 is 12.4 Å². The van der Waals surface area contributed by atoms with Crippen molar-refractivity contribution in [3.8, 4) is 11.5 Å². The van der Waals surface area contributed by atoms with E-state index in [9.17, 15) is 24.6 Å². The van der Waals surface area contributed by atoms with E-state index in [1.807, 2.05) is 29.2 Å². The van der Waals surface area contributed by atoms with E-state index in [2.05, 4.69) is 17.1 Å². The number of ether oxygens (including phenoxy) is 1. The van der Waals surface area contributed by atoms with Gasteiger partial charge in [-0.15, -0.1) is 12.4 Å². The Morgan fingerprint density at radius 3 is 2.32 bits per heavy atom. The Hall–Kier alpha value is -3.14. The van der Waals surface area contributed by atoms with Crippen LogP contribution in [0.5, 0.6) is 11.5 Å². The summed E-state index contributed by atoms with van der Waals surface area (Å²) in [7, 11) is 0. The fraction of sp³-hybridized carbons (Fsp3) is 0.559. The Kier molecular flexibility index (Phi) is 11.3. The number of carbonyl (C=O) groups is 3. The number of carboxylic acids is 1. The van der Waals surface area contributed by atoms with Crippen molar-refractivity contribution in [2.75, 3.05) is 19.6 Å². The topological polar surface area (TPSA) is 119 Å². The number of hydrogen-bond acceptors (Lipinski definition) is 6. The minimum Gasteiger partial charge on any atom is -0.478 e. The van der Waals surface area contributed by atoms with Gasteiger partial charge >= 0.3 is 5.97 Å². The highest BCUT2D eigenvalue weighted by Crippen LogP contribution is 2.36. The summed E-state index contributed by atoms with van der Waals surface area (Å²) in [5.41, 5.74) is 1.15. The number of likely N-dealkylation sites (tertiary alicyclic amines) is 1. The van der Waals surface area contributed by atoms with Crippen LogP contribution in [0.25, 0.3) is 0 Å². The van der Waals surface area contributed by atoms with Gasteiger partial charge in [-0.05, 0) is 86.4 Å². The zero-order valence-electron chi connectivity index (χ0n) is 25.8. The molecule has 3 fully saturated rings. The number of nitrogens with zero attached hydrogens (tertiary/aromatic N) is 2. The number of aromatic carboxylic acids is 1. The number of nitrogens with one attached hydrogen (secondary N) is 1. The number of piperidine rings is 1. The molecule has 2 aromatic carbocycles. The molecule has 5 rings (SSSR count). The number of carboxylic acid groups (broad SMARTS) is 1. The van der Waals surface area contributed by atoms with Gasteiger partial charge in [-0.3, -0.25) is 14.5 Å². The lowest BCUT2D eigenvalue weighted by Crippen LogP contribution is -2.75. The predicted molar refractivity (Wildman–Crippen MR) is 170 cm³/mol. The van der Waals surface area contributed by atoms with E-state index in [4.69, 9.17) is 4.74 Å². The first-order valence-electron chi connectivity index (χ1n) is 15.9. The molecule has 1 saturated carbocycles. The normalized spacial score (nSPS) is 21.4. The standard InChI is InChI=1S/C34H45N3O6.ClH/c1-3-4-18-37-31(39)29(30(38)25-8-6-5-7-9-25)35-33(42)34(37)16-19-36(20-17-34)22-24-10-12-26(13-11-24)43-27-14-15-28(32(40)41)23(2)21-27;/h10-15,21,25,29-30,38H,3-9,16-20,22H2,1-2H3,(H,35,42)(H,40,41);1H/t29-,30-;/m1./s1. The van der Waals surface area contributed by atoms with E-state index in [1.54, 1.807) is 25.1 Å². The minimum atomic E-state index is -0.959. The molecule has 3 N–H and O–H groups in total. The molecule has 2 saturated heterocycles. The molecular formula is C34H46ClN3O6. The fourth-order valence-corrected chi connectivity index (χ4v) is 7.03. The average Bonchev–Trinajstić information content (AvgIpc) is 3.01. The summed E-state index contributed by atoms with van der Waals surface area (Å²) >= 11 is 0. The largest absolute Gasteiger partial charge is 0.478 e. The summed E-state index contributed by atoms with van der Waals surface area (Å²) in [4.78, 5) is 43.0. The van der Waals surface area contributed by atoms with E-state index in [1.165, 1.54) is 6.42 Å². The van der Waals surface area contributed by atoms with Crippen molar-refractivity contribution in [2.24, 2.45) is 5.92 Å². The zero-order chi connectivity index (χ0) is 30.6. The molecule has 240 valence electrons. The summed E-state index contributed by atoms with van der Waals surface area (Å²) in [5, 5.41) is 23.4. The Bertz CT molecular complexity index is 1300. The van der Waals surface area contributed by atoms with Crippen molar-refractivity contribution in [1.29, 1.82) is 0 Å². The second-order valence-electron chi connectivity index (χ2n) is 12.5. The van der Waals surface area contributed by atoms with Gasteiger partial charge in [0.1, 0.15) is 23.1 Å². The van der Waals surface area contributed by atoms with E-state index in [-0.39, 0.29) is 35.7 Å². The maximum Gasteiger partial charge on any atom is 0.335 e. The number of unbranched alkanes of at least 4 members (excludes halogenated alkanes) is 1. The average molecular weight is 628 g/mol. The van der Waals surface area contributed by atoms with Crippen molar-refractivity contribution in [1.82, 2.24) is 15.1 Å². The monoisotopic (exact) mass is 627 g/mol. The third-order valence-electron chi connectivity index (χ3n) is 9.64. The first-order valence-corrected chi connectivity index (χ1v) is 15.9. The van der Waals surface area contributed by atoms with Crippen molar-refractivity contribution < 1.29 is 29.3 Å². The molecule has 10 heteroatoms. The highest BCUT2D eigenvalue weighted by molar-refractivity contribution is 6.00. The Morgan fingerprint density at radius 2 is 1.70 bits per heavy atom. The number of amides is 2. The predicted octanol–water partition coefficient (Wildman–Crippen LogP) is 5.31. The summed E-state index contributed by atoms with van der Waals surface area (Å²) in [6.45, 7) is 6.47. The van der Waals surface area contributed by atoms with Crippen LogP contribution in [0.15, 0.2) is 42.5 Å². The van der Waals surface area contributed by atoms with E-state index in [0.717, 1.165) is 50.6 Å². The van der Waals surface area contributed by atoms with Gasteiger partial charge < -0.3 is 25.2 Å². The number of aliphatic hydroxyl groups excluding tert-OH is 1. The summed E-state index contributed by atoms with van der Waals surface area (Å²) in [6.07, 6.45) is 7.15. The van der Waals surface area contributed by atoms with Crippen molar-refractivity contribution in [3.63, 3.8) is 0 Å². The van der Waals surface area contributed by atoms with Crippen LogP contribution in [0.2, 0.25) is 0 Å². The van der Waals surface area contributed by atoms with Crippen molar-refractivity contribution >= 4 is 30.2 Å². The van der Waals surface area contributed by atoms with Crippen LogP contribution in [0, 0.1) is 12.8 Å². The molecule has 2 amide bonds. The molecule has 2 heterocycles. The fourth-order valence-electron chi connectivity index (χ4n) is 7.03. The SMILES string of the molecule is CCCCN1C(=O)[C@@H]([C@H](O)C2CCCCC2)NC(=O)C12CCN(Cc1ccc(Oc3ccc(C(=O)O)c(C)c3)cc1)CC2.Cl. The molecule has 2 atom stereocenters. The number of rotatable bonds is 10. The molecule has 9 nitrogen and oxygen atoms in total. The Labute approximate surface area is 266 Å². The Morgan fingerprint density at radius 1 is 1.05 bits per heavy atom. The quantitative estimate of drug-likeness (QED) is 0.327. The van der Waals surface area contributed by atoms with Crippen LogP contribution in [-0.2, 0) is 16.1 Å². The molecule has 44 heavy (non-hydrogen) atoms. The number of piperazine rings is 1. The van der Waals surface area contributed by atoms with Gasteiger partial charge in [0.15, 0.2) is 0 Å². The van der Waals surface area contributed by atoms with Gasteiger partial charge in [0, 0.05) is 26.2 Å². The van der Waals surface area contributed by atoms with Crippen LogP contribution in [0.1, 0.15) is 86.2 Å². The number of aliphatic hydroxyl groups is 1. The van der Waals surface area contributed by atoms with E-state index in [0.29, 0.717) is 49.5 Å². The van der Waals surface area contributed by atoms with Crippen LogP contribution in [0.4, 0.5) is 0 Å². The van der Waals surface area contributed by atoms with E-state index >= 15 is 0 Å². The molecule has 0 aromatic heterocycles. The van der Waals surface area contributed by atoms with Gasteiger partial charge in [-0.2, -0.15) is 0 Å². The van der Waals surface area contributed by atoms with E-state index < -0.39 is 23.7 Å². The lowest BCUT2D eigenvalue weighted by molar-refractivity contribution is -0.166. The van der Waals surface area contributed by atoms with Crippen LogP contribution in [-0.4, -0.2) is 75.1 Å². The molecule has 0 unspecified atom stereocenters. The zero-order valence-corrected chi connectivity index (χ0v) is 26.6. The Balaban J connectivity index is 0.00000442. The highest BCUT2D eigenvalue weighted by Gasteiger charge is 2.55. The summed E-state index contributed by atoms with van der Waals surface area (Å²) < 4.78 is 5.94. The highest BCUT2D eigenvalue weighted by atomic mass is 35.5. The van der Waals surface area contributed by atoms with Gasteiger partial charge in [0.25, 0.3) is 0 Å². The van der Waals surface area contributed by atoms with Crippen molar-refractivity contribution in [2.45, 2.75) is 95.9 Å². The number of aryl methyl sites for hydroxylation is 1. The number of benzene rings is 2. The van der Waals surface area contributed by atoms with Crippen molar-refractivity contribution in [3.05, 3.63) is 59.2 Å². The summed E-state index contributed by atoms with van der Waals surface area (Å²) in [5.74, 6) is 0.110. The maximum absolute atomic E-state index is 13.8. The first-order chi connectivity index (χ1) is 20.7. The first kappa shape index (κ1) is 33.7. The number of carbonyl (C=O) groups excluding carboxylic acids is 2. The molecule has 2 aromatic rings. The lowest BCUT2D eigenvalue weighted by Gasteiger charge is -2.52. The third kappa shape index (κ3) is 7.22. The smallest absolute Gasteiger partial charge is 0.335 e. The second-order valence-corrected chi connectivity index (χ2v) is 12.5. The molecule has 1 spiro atoms. The molecule has 1 aliphatic carbocycles. The molecule has 0 bridgehead atoms. The third-order valence-corrected chi connectivity index (χ3v) is 9.64. The maximum atomic E-state index is 13.8. The second kappa shape index (κ2) is 14.8. The molecule has 2 aliphatic heterocycles. The number of halogens is 1. The minimum absolute atomic E-state index is 0. The van der Waals surface area contributed by atoms with Gasteiger partial charge in [0.05, 0.1) is 11.7 Å². The molecule has 0 radical (unpaired) electrons. The summed E-state index contributed by atoms with van der Waals surface area (Å²) in [6, 6.07) is 11.9.